The fraction of sp³-hybridized carbons (Fsp3) is 0.0526. The Hall–Kier alpha value is -7.62. The Labute approximate surface area is 348 Å². The zero-order valence-corrected chi connectivity index (χ0v) is 33.3. The first-order valence-corrected chi connectivity index (χ1v) is 20.7. The Morgan fingerprint density at radius 1 is 0.367 bits per heavy atom. The molecule has 0 bridgehead atoms. The molecule has 3 heteroatoms. The Morgan fingerprint density at radius 2 is 0.917 bits per heavy atom. The minimum atomic E-state index is -0.123. The minimum Gasteiger partial charge on any atom is -0.456 e. The second-order valence-electron chi connectivity index (χ2n) is 16.4. The van der Waals surface area contributed by atoms with E-state index >= 15 is 0 Å². The van der Waals surface area contributed by atoms with Crippen LogP contribution in [0.5, 0.6) is 0 Å². The van der Waals surface area contributed by atoms with Gasteiger partial charge in [-0.25, -0.2) is 0 Å². The molecular formula is C57H39NO2. The van der Waals surface area contributed by atoms with Crippen LogP contribution in [0.25, 0.3) is 88.4 Å². The molecule has 0 saturated carbocycles. The minimum absolute atomic E-state index is 0.123. The Bertz CT molecular complexity index is 3430. The zero-order chi connectivity index (χ0) is 40.0. The fourth-order valence-corrected chi connectivity index (χ4v) is 9.78. The SMILES string of the molecule is CC1(C)c2ccccc2-c2ccc(N(c3ccc(-c4ccccc4)cc3)c3ccc(-c4c(-c5ccccc5)ccc5c4oc4ccc6oc7ccccc7c6c45)cc3)cc21. The first kappa shape index (κ1) is 34.4. The van der Waals surface area contributed by atoms with Gasteiger partial charge in [0.2, 0.25) is 0 Å². The van der Waals surface area contributed by atoms with Crippen LogP contribution in [0.2, 0.25) is 0 Å². The lowest BCUT2D eigenvalue weighted by Gasteiger charge is -2.28. The molecule has 0 N–H and O–H groups in total. The molecule has 0 saturated heterocycles. The molecule has 2 heterocycles. The highest BCUT2D eigenvalue weighted by Gasteiger charge is 2.35. The van der Waals surface area contributed by atoms with E-state index in [2.05, 4.69) is 195 Å². The number of benzene rings is 9. The van der Waals surface area contributed by atoms with E-state index in [9.17, 15) is 0 Å². The standard InChI is InChI=1S/C57H39NO2/c1-57(2)48-19-11-9-17-44(48)45-30-29-42(35-49(45)57)58(40-25-21-37(22-26-40)36-13-5-3-6-14-36)41-27-23-39(24-28-41)53-43(38-15-7-4-8-16-38)31-32-47-55-52(60-56(47)53)34-33-51-54(55)46-18-10-12-20-50(46)59-51/h3-35H,1-2H3. The Balaban J connectivity index is 1.04. The third kappa shape index (κ3) is 5.22. The van der Waals surface area contributed by atoms with E-state index in [0.717, 1.165) is 83.2 Å². The number of para-hydroxylation sites is 1. The van der Waals surface area contributed by atoms with Crippen LogP contribution >= 0.6 is 0 Å². The van der Waals surface area contributed by atoms with Gasteiger partial charge in [0.15, 0.2) is 0 Å². The van der Waals surface area contributed by atoms with Crippen molar-refractivity contribution in [2.75, 3.05) is 4.90 Å². The number of hydrogen-bond donors (Lipinski definition) is 0. The molecule has 11 aromatic rings. The van der Waals surface area contributed by atoms with Crippen LogP contribution < -0.4 is 4.90 Å². The third-order valence-electron chi connectivity index (χ3n) is 12.7. The van der Waals surface area contributed by atoms with Crippen molar-refractivity contribution in [2.45, 2.75) is 19.3 Å². The smallest absolute Gasteiger partial charge is 0.143 e. The van der Waals surface area contributed by atoms with Crippen LogP contribution in [0.1, 0.15) is 25.0 Å². The summed E-state index contributed by atoms with van der Waals surface area (Å²) in [5.41, 5.74) is 18.8. The molecule has 12 rings (SSSR count). The molecule has 0 fully saturated rings. The summed E-state index contributed by atoms with van der Waals surface area (Å²) in [7, 11) is 0. The van der Waals surface area contributed by atoms with Crippen LogP contribution in [-0.4, -0.2) is 0 Å². The van der Waals surface area contributed by atoms with E-state index in [1.54, 1.807) is 0 Å². The lowest BCUT2D eigenvalue weighted by atomic mass is 9.82. The van der Waals surface area contributed by atoms with Crippen LogP contribution in [0, 0.1) is 0 Å². The van der Waals surface area contributed by atoms with Gasteiger partial charge in [-0.2, -0.15) is 0 Å². The molecule has 0 aliphatic heterocycles. The molecule has 0 unspecified atom stereocenters. The summed E-state index contributed by atoms with van der Waals surface area (Å²) >= 11 is 0. The van der Waals surface area contributed by atoms with Crippen molar-refractivity contribution in [1.82, 2.24) is 0 Å². The molecule has 0 spiro atoms. The molecule has 60 heavy (non-hydrogen) atoms. The van der Waals surface area contributed by atoms with Gasteiger partial charge in [0.25, 0.3) is 0 Å². The van der Waals surface area contributed by atoms with Gasteiger partial charge in [0.1, 0.15) is 22.3 Å². The highest BCUT2D eigenvalue weighted by molar-refractivity contribution is 6.27. The molecule has 9 aromatic carbocycles. The molecule has 0 atom stereocenters. The van der Waals surface area contributed by atoms with Gasteiger partial charge in [-0.3, -0.25) is 0 Å². The summed E-state index contributed by atoms with van der Waals surface area (Å²) in [4.78, 5) is 2.39. The molecule has 3 nitrogen and oxygen atoms in total. The van der Waals surface area contributed by atoms with E-state index in [1.165, 1.54) is 33.4 Å². The molecule has 2 aromatic heterocycles. The van der Waals surface area contributed by atoms with E-state index in [-0.39, 0.29) is 5.41 Å². The lowest BCUT2D eigenvalue weighted by molar-refractivity contribution is 0.660. The molecule has 1 aliphatic carbocycles. The van der Waals surface area contributed by atoms with Gasteiger partial charge < -0.3 is 13.7 Å². The molecule has 284 valence electrons. The quantitative estimate of drug-likeness (QED) is 0.169. The van der Waals surface area contributed by atoms with Gasteiger partial charge >= 0.3 is 0 Å². The highest BCUT2D eigenvalue weighted by Crippen LogP contribution is 2.51. The van der Waals surface area contributed by atoms with Crippen LogP contribution in [0.4, 0.5) is 17.1 Å². The van der Waals surface area contributed by atoms with E-state index < -0.39 is 0 Å². The molecule has 1 aliphatic rings. The van der Waals surface area contributed by atoms with Crippen LogP contribution in [-0.2, 0) is 5.41 Å². The van der Waals surface area contributed by atoms with Crippen molar-refractivity contribution < 1.29 is 8.83 Å². The average molecular weight is 770 g/mol. The second-order valence-corrected chi connectivity index (χ2v) is 16.4. The largest absolute Gasteiger partial charge is 0.456 e. The summed E-state index contributed by atoms with van der Waals surface area (Å²) < 4.78 is 13.3. The second kappa shape index (κ2) is 13.2. The molecular weight excluding hydrogens is 731 g/mol. The fourth-order valence-electron chi connectivity index (χ4n) is 9.78. The number of anilines is 3. The summed E-state index contributed by atoms with van der Waals surface area (Å²) in [5.74, 6) is 0. The molecule has 0 amide bonds. The van der Waals surface area contributed by atoms with Crippen LogP contribution in [0.15, 0.2) is 209 Å². The normalized spacial score (nSPS) is 13.0. The Morgan fingerprint density at radius 3 is 1.67 bits per heavy atom. The van der Waals surface area contributed by atoms with Crippen molar-refractivity contribution in [2.24, 2.45) is 0 Å². The van der Waals surface area contributed by atoms with Gasteiger partial charge in [-0.15, -0.1) is 0 Å². The van der Waals surface area contributed by atoms with E-state index in [0.29, 0.717) is 0 Å². The van der Waals surface area contributed by atoms with Gasteiger partial charge in [-0.1, -0.05) is 153 Å². The maximum absolute atomic E-state index is 6.93. The van der Waals surface area contributed by atoms with Crippen LogP contribution in [0.3, 0.4) is 0 Å². The summed E-state index contributed by atoms with van der Waals surface area (Å²) in [6.45, 7) is 4.69. The number of nitrogens with zero attached hydrogens (tertiary/aromatic N) is 1. The van der Waals surface area contributed by atoms with Crippen molar-refractivity contribution >= 4 is 60.9 Å². The first-order chi connectivity index (χ1) is 29.5. The highest BCUT2D eigenvalue weighted by atomic mass is 16.3. The zero-order valence-electron chi connectivity index (χ0n) is 33.3. The third-order valence-corrected chi connectivity index (χ3v) is 12.7. The predicted octanol–water partition coefficient (Wildman–Crippen LogP) is 16.3. The van der Waals surface area contributed by atoms with Crippen molar-refractivity contribution in [1.29, 1.82) is 0 Å². The van der Waals surface area contributed by atoms with Gasteiger partial charge in [0, 0.05) is 49.6 Å². The van der Waals surface area contributed by atoms with Crippen molar-refractivity contribution in [3.05, 3.63) is 211 Å². The Kier molecular flexibility index (Phi) is 7.58. The number of hydrogen-bond acceptors (Lipinski definition) is 3. The van der Waals surface area contributed by atoms with Gasteiger partial charge in [-0.05, 0) is 111 Å². The van der Waals surface area contributed by atoms with E-state index in [1.807, 2.05) is 24.3 Å². The predicted molar refractivity (Wildman–Crippen MR) is 250 cm³/mol. The average Bonchev–Trinajstić information content (AvgIpc) is 3.95. The van der Waals surface area contributed by atoms with Gasteiger partial charge in [0.05, 0.1) is 0 Å². The van der Waals surface area contributed by atoms with Crippen molar-refractivity contribution in [3.8, 4) is 44.5 Å². The number of fused-ring (bicyclic) bond motifs is 10. The maximum Gasteiger partial charge on any atom is 0.143 e. The summed E-state index contributed by atoms with van der Waals surface area (Å²) in [6.07, 6.45) is 0. The molecule has 0 radical (unpaired) electrons. The monoisotopic (exact) mass is 769 g/mol. The maximum atomic E-state index is 6.93. The lowest BCUT2D eigenvalue weighted by Crippen LogP contribution is -2.16. The summed E-state index contributed by atoms with van der Waals surface area (Å²) in [6, 6.07) is 71.8. The van der Waals surface area contributed by atoms with Crippen molar-refractivity contribution in [3.63, 3.8) is 0 Å². The first-order valence-electron chi connectivity index (χ1n) is 20.7. The van der Waals surface area contributed by atoms with E-state index in [4.69, 9.17) is 8.83 Å². The number of furan rings is 2. The topological polar surface area (TPSA) is 29.5 Å². The summed E-state index contributed by atoms with van der Waals surface area (Å²) in [5, 5.41) is 4.33. The number of rotatable bonds is 6.